The smallest absolute Gasteiger partial charge is 0.194 e. The van der Waals surface area contributed by atoms with Crippen molar-refractivity contribution in [1.82, 2.24) is 0 Å². The van der Waals surface area contributed by atoms with Gasteiger partial charge in [0.15, 0.2) is 29.1 Å². The molecule has 6 aliphatic rings. The summed E-state index contributed by atoms with van der Waals surface area (Å²) in [7, 11) is 0. The lowest BCUT2D eigenvalue weighted by molar-refractivity contribution is 0.148. The maximum Gasteiger partial charge on any atom is 0.194 e. The van der Waals surface area contributed by atoms with Crippen LogP contribution in [-0.4, -0.2) is 0 Å². The Balaban J connectivity index is 0.000000145. The third-order valence-corrected chi connectivity index (χ3v) is 23.0. The SMILES string of the molecule is CC1CCC(C2CCC(CCc3ccc(-c4cc(F)c(F)c(F)c4)cc3)CC2)CC1.CC1CCC(C2CCC(CCc3ccc(-c4ccc(F)c(F)c4)cc3)CC2)CC1.CC1CCC(C2CCC(CCc3ccc(-c4ccc(F)cc4)cc3)CC2)CC1. The molecule has 6 aliphatic carbocycles. The average Bonchev–Trinajstić information content (AvgIpc) is 3.75. The largest absolute Gasteiger partial charge is 0.207 e. The molecular formula is C81H102F6. The highest BCUT2D eigenvalue weighted by molar-refractivity contribution is 5.65. The zero-order chi connectivity index (χ0) is 60.7. The van der Waals surface area contributed by atoms with E-state index >= 15 is 0 Å². The van der Waals surface area contributed by atoms with E-state index in [9.17, 15) is 26.3 Å². The van der Waals surface area contributed by atoms with Gasteiger partial charge in [-0.15, -0.1) is 0 Å². The highest BCUT2D eigenvalue weighted by Gasteiger charge is 2.33. The second-order valence-electron chi connectivity index (χ2n) is 29.0. The molecule has 6 aromatic rings. The van der Waals surface area contributed by atoms with Crippen molar-refractivity contribution < 1.29 is 26.3 Å². The number of benzene rings is 6. The van der Waals surface area contributed by atoms with Crippen LogP contribution in [-0.2, 0) is 19.3 Å². The Morgan fingerprint density at radius 1 is 0.253 bits per heavy atom. The van der Waals surface area contributed by atoms with Crippen molar-refractivity contribution in [2.24, 2.45) is 71.0 Å². The van der Waals surface area contributed by atoms with Gasteiger partial charge in [-0.25, -0.2) is 26.3 Å². The van der Waals surface area contributed by atoms with E-state index < -0.39 is 29.1 Å². The van der Waals surface area contributed by atoms with Crippen LogP contribution in [0, 0.1) is 106 Å². The van der Waals surface area contributed by atoms with Crippen LogP contribution in [0.4, 0.5) is 26.3 Å². The maximum absolute atomic E-state index is 13.5. The Morgan fingerprint density at radius 3 is 0.816 bits per heavy atom. The second kappa shape index (κ2) is 32.1. The monoisotopic (exact) mass is 1190 g/mol. The van der Waals surface area contributed by atoms with E-state index in [2.05, 4.69) is 57.2 Å². The van der Waals surface area contributed by atoms with Crippen LogP contribution >= 0.6 is 0 Å². The number of aryl methyl sites for hydroxylation is 3. The number of rotatable bonds is 15. The summed E-state index contributed by atoms with van der Waals surface area (Å²) >= 11 is 0. The fourth-order valence-electron chi connectivity index (χ4n) is 16.9. The minimum Gasteiger partial charge on any atom is -0.207 e. The predicted octanol–water partition coefficient (Wildman–Crippen LogP) is 24.6. The molecule has 0 heterocycles. The molecule has 0 radical (unpaired) electrons. The van der Waals surface area contributed by atoms with Gasteiger partial charge in [-0.2, -0.15) is 0 Å². The third kappa shape index (κ3) is 19.0. The van der Waals surface area contributed by atoms with E-state index in [1.54, 1.807) is 6.07 Å². The summed E-state index contributed by atoms with van der Waals surface area (Å²) in [5.41, 5.74) is 9.04. The number of hydrogen-bond donors (Lipinski definition) is 0. The molecule has 6 heteroatoms. The molecular weight excluding hydrogens is 1090 g/mol. The van der Waals surface area contributed by atoms with Crippen LogP contribution in [0.3, 0.4) is 0 Å². The second-order valence-corrected chi connectivity index (χ2v) is 29.0. The molecule has 6 fully saturated rings. The maximum atomic E-state index is 13.5. The van der Waals surface area contributed by atoms with E-state index in [1.807, 2.05) is 48.5 Å². The first kappa shape index (κ1) is 64.9. The van der Waals surface area contributed by atoms with Gasteiger partial charge in [0.1, 0.15) is 5.82 Å². The molecule has 0 atom stereocenters. The Kier molecular flexibility index (Phi) is 23.9. The van der Waals surface area contributed by atoms with Crippen LogP contribution < -0.4 is 0 Å². The molecule has 6 aromatic carbocycles. The van der Waals surface area contributed by atoms with Crippen molar-refractivity contribution in [2.45, 2.75) is 213 Å². The highest BCUT2D eigenvalue weighted by Crippen LogP contribution is 2.45. The minimum absolute atomic E-state index is 0.173. The van der Waals surface area contributed by atoms with Crippen LogP contribution in [0.15, 0.2) is 127 Å². The van der Waals surface area contributed by atoms with Gasteiger partial charge in [-0.3, -0.25) is 0 Å². The molecule has 468 valence electrons. The summed E-state index contributed by atoms with van der Waals surface area (Å²) in [4.78, 5) is 0. The van der Waals surface area contributed by atoms with Crippen LogP contribution in [0.5, 0.6) is 0 Å². The van der Waals surface area contributed by atoms with Gasteiger partial charge in [-0.1, -0.05) is 189 Å². The van der Waals surface area contributed by atoms with Crippen molar-refractivity contribution in [3.63, 3.8) is 0 Å². The Morgan fingerprint density at radius 2 is 0.506 bits per heavy atom. The van der Waals surface area contributed by atoms with Crippen molar-refractivity contribution in [3.8, 4) is 33.4 Å². The Hall–Kier alpha value is -5.10. The van der Waals surface area contributed by atoms with Gasteiger partial charge < -0.3 is 0 Å². The normalized spacial score (nSPS) is 27.7. The van der Waals surface area contributed by atoms with Crippen LogP contribution in [0.25, 0.3) is 33.4 Å². The molecule has 0 spiro atoms. The first-order valence-corrected chi connectivity index (χ1v) is 34.9. The number of hydrogen-bond acceptors (Lipinski definition) is 0. The highest BCUT2D eigenvalue weighted by atomic mass is 19.2. The van der Waals surface area contributed by atoms with Crippen molar-refractivity contribution >= 4 is 0 Å². The van der Waals surface area contributed by atoms with Crippen LogP contribution in [0.1, 0.15) is 211 Å². The lowest BCUT2D eigenvalue weighted by Crippen LogP contribution is -2.25. The van der Waals surface area contributed by atoms with Crippen molar-refractivity contribution in [2.75, 3.05) is 0 Å². The predicted molar refractivity (Wildman–Crippen MR) is 350 cm³/mol. The van der Waals surface area contributed by atoms with Gasteiger partial charge in [0.25, 0.3) is 0 Å². The third-order valence-electron chi connectivity index (χ3n) is 23.0. The molecule has 0 nitrogen and oxygen atoms in total. The molecule has 0 saturated heterocycles. The minimum atomic E-state index is -1.41. The van der Waals surface area contributed by atoms with Crippen molar-refractivity contribution in [3.05, 3.63) is 179 Å². The summed E-state index contributed by atoms with van der Waals surface area (Å²) in [6, 6.07) is 38.1. The van der Waals surface area contributed by atoms with E-state index in [-0.39, 0.29) is 5.82 Å². The van der Waals surface area contributed by atoms with E-state index in [1.165, 1.54) is 226 Å². The summed E-state index contributed by atoms with van der Waals surface area (Å²) in [5.74, 6) is 6.04. The van der Waals surface area contributed by atoms with Gasteiger partial charge in [0, 0.05) is 0 Å². The summed E-state index contributed by atoms with van der Waals surface area (Å²) in [6.45, 7) is 7.24. The standard InChI is InChI=1S/C27H33F3.C27H34F2.C27H35F/c1-18-2-10-21(11-3-18)22-12-6-19(7-13-22)4-5-20-8-14-23(15-9-20)24-16-25(28)27(30)26(29)17-24;1-19-2-10-22(11-3-19)23-12-6-20(7-13-23)4-5-21-8-14-24(15-9-21)25-16-17-26(28)27(29)18-25;1-20-2-10-23(11-3-20)24-12-6-21(7-13-24)4-5-22-8-14-25(15-9-22)26-16-18-27(28)19-17-26/h8-9,14-19,21-22H,2-7,10-13H2,1H3;8-9,14-20,22-23H,2-7,10-13H2,1H3;8-9,14-21,23-24H,2-7,10-13H2,1H3. The van der Waals surface area contributed by atoms with Gasteiger partial charge in [-0.05, 0) is 273 Å². The fourth-order valence-corrected chi connectivity index (χ4v) is 16.9. The Labute approximate surface area is 520 Å². The topological polar surface area (TPSA) is 0 Å². The summed E-state index contributed by atoms with van der Waals surface area (Å²) in [5, 5.41) is 0. The lowest BCUT2D eigenvalue weighted by atomic mass is 9.69. The van der Waals surface area contributed by atoms with Gasteiger partial charge in [0.05, 0.1) is 0 Å². The lowest BCUT2D eigenvalue weighted by Gasteiger charge is -2.37. The first-order valence-electron chi connectivity index (χ1n) is 34.9. The van der Waals surface area contributed by atoms with E-state index in [0.717, 1.165) is 113 Å². The molecule has 0 aromatic heterocycles. The Bertz CT molecular complexity index is 2950. The molecule has 12 rings (SSSR count). The van der Waals surface area contributed by atoms with E-state index in [4.69, 9.17) is 0 Å². The molecule has 6 saturated carbocycles. The van der Waals surface area contributed by atoms with E-state index in [0.29, 0.717) is 11.1 Å². The molecule has 87 heavy (non-hydrogen) atoms. The van der Waals surface area contributed by atoms with Crippen molar-refractivity contribution in [1.29, 1.82) is 0 Å². The molecule has 0 unspecified atom stereocenters. The van der Waals surface area contributed by atoms with Gasteiger partial charge in [0.2, 0.25) is 0 Å². The quantitative estimate of drug-likeness (QED) is 0.0710. The average molecular weight is 1190 g/mol. The molecule has 0 aliphatic heterocycles. The van der Waals surface area contributed by atoms with Gasteiger partial charge >= 0.3 is 0 Å². The summed E-state index contributed by atoms with van der Waals surface area (Å²) < 4.78 is 79.8. The zero-order valence-corrected chi connectivity index (χ0v) is 53.0. The summed E-state index contributed by atoms with van der Waals surface area (Å²) in [6.07, 6.45) is 41.8. The number of halogens is 6. The zero-order valence-electron chi connectivity index (χ0n) is 53.0. The fraction of sp³-hybridized carbons (Fsp3) is 0.556. The molecule has 0 N–H and O–H groups in total. The molecule has 0 amide bonds. The molecule has 0 bridgehead atoms. The van der Waals surface area contributed by atoms with Crippen LogP contribution in [0.2, 0.25) is 0 Å². The first-order chi connectivity index (χ1) is 42.2.